The fourth-order valence-corrected chi connectivity index (χ4v) is 7.57. The first-order valence-electron chi connectivity index (χ1n) is 9.98. The standard InChI is InChI=1S/C27H25OP/c1-2-28-27(23-14-12-13-15-23)22-29(24-16-6-3-7-17-24,25-18-8-4-9-19-25)26-20-10-5-11-21-26/h3-22H,2H2,1H3. The Hall–Kier alpha value is -3.02. The van der Waals surface area contributed by atoms with Crippen LogP contribution in [0.5, 0.6) is 0 Å². The average Bonchev–Trinajstić information content (AvgIpc) is 3.33. The Morgan fingerprint density at radius 3 is 1.48 bits per heavy atom. The van der Waals surface area contributed by atoms with Crippen LogP contribution in [0.4, 0.5) is 0 Å². The lowest BCUT2D eigenvalue weighted by Gasteiger charge is -2.29. The Labute approximate surface area is 173 Å². The van der Waals surface area contributed by atoms with Gasteiger partial charge in [0.05, 0.1) is 6.61 Å². The molecule has 29 heavy (non-hydrogen) atoms. The van der Waals surface area contributed by atoms with Crippen LogP contribution < -0.4 is 15.9 Å². The molecule has 0 radical (unpaired) electrons. The third-order valence-electron chi connectivity index (χ3n) is 5.05. The van der Waals surface area contributed by atoms with Crippen LogP contribution in [-0.2, 0) is 4.74 Å². The highest BCUT2D eigenvalue weighted by molar-refractivity contribution is 7.94. The maximum absolute atomic E-state index is 6.20. The quantitative estimate of drug-likeness (QED) is 0.411. The number of hydrogen-bond acceptors (Lipinski definition) is 1. The monoisotopic (exact) mass is 396 g/mol. The molecule has 0 fully saturated rings. The first kappa shape index (κ1) is 19.3. The molecule has 0 spiro atoms. The Kier molecular flexibility index (Phi) is 5.98. The molecule has 0 aromatic heterocycles. The molecule has 0 unspecified atom stereocenters. The fourth-order valence-electron chi connectivity index (χ4n) is 3.73. The first-order valence-corrected chi connectivity index (χ1v) is 11.8. The minimum absolute atomic E-state index is 0.634. The molecule has 3 aromatic rings. The highest BCUT2D eigenvalue weighted by Gasteiger charge is 2.26. The van der Waals surface area contributed by atoms with Crippen molar-refractivity contribution in [2.45, 2.75) is 6.92 Å². The van der Waals surface area contributed by atoms with E-state index in [1.54, 1.807) is 0 Å². The van der Waals surface area contributed by atoms with Crippen molar-refractivity contribution in [2.75, 3.05) is 6.61 Å². The summed E-state index contributed by atoms with van der Waals surface area (Å²) < 4.78 is 6.20. The van der Waals surface area contributed by atoms with Crippen molar-refractivity contribution >= 4 is 28.6 Å². The molecule has 0 saturated carbocycles. The summed E-state index contributed by atoms with van der Waals surface area (Å²) in [6.45, 7) is 0.613. The zero-order chi connectivity index (χ0) is 19.9. The van der Waals surface area contributed by atoms with Crippen LogP contribution in [0.15, 0.2) is 127 Å². The number of allylic oxidation sites excluding steroid dienone is 6. The maximum atomic E-state index is 6.20. The molecule has 144 valence electrons. The van der Waals surface area contributed by atoms with E-state index in [-0.39, 0.29) is 0 Å². The van der Waals surface area contributed by atoms with Gasteiger partial charge in [-0.05, 0) is 35.5 Å². The average molecular weight is 396 g/mol. The molecule has 0 atom stereocenters. The van der Waals surface area contributed by atoms with E-state index in [0.29, 0.717) is 6.61 Å². The topological polar surface area (TPSA) is 9.23 Å². The summed E-state index contributed by atoms with van der Waals surface area (Å²) in [6.07, 6.45) is 8.38. The van der Waals surface area contributed by atoms with Crippen molar-refractivity contribution in [3.8, 4) is 0 Å². The van der Waals surface area contributed by atoms with Crippen LogP contribution in [0, 0.1) is 0 Å². The molecule has 1 aliphatic carbocycles. The summed E-state index contributed by atoms with van der Waals surface area (Å²) in [6, 6.07) is 32.5. The van der Waals surface area contributed by atoms with E-state index in [0.717, 1.165) is 11.3 Å². The van der Waals surface area contributed by atoms with Gasteiger partial charge in [-0.3, -0.25) is 0 Å². The van der Waals surface area contributed by atoms with Gasteiger partial charge in [-0.2, -0.15) is 0 Å². The Balaban J connectivity index is 2.12. The molecule has 0 N–H and O–H groups in total. The molecule has 0 heterocycles. The third kappa shape index (κ3) is 3.92. The van der Waals surface area contributed by atoms with Crippen molar-refractivity contribution in [3.05, 3.63) is 127 Å². The van der Waals surface area contributed by atoms with Gasteiger partial charge in [0, 0.05) is 5.57 Å². The predicted molar refractivity (Wildman–Crippen MR) is 128 cm³/mol. The zero-order valence-electron chi connectivity index (χ0n) is 16.6. The summed E-state index contributed by atoms with van der Waals surface area (Å²) in [7, 11) is 0. The van der Waals surface area contributed by atoms with Crippen molar-refractivity contribution in [3.63, 3.8) is 0 Å². The zero-order valence-corrected chi connectivity index (χ0v) is 17.5. The van der Waals surface area contributed by atoms with Gasteiger partial charge < -0.3 is 4.74 Å². The second-order valence-corrected chi connectivity index (χ2v) is 10.1. The maximum Gasteiger partial charge on any atom is 0.127 e. The minimum Gasteiger partial charge on any atom is -0.493 e. The Morgan fingerprint density at radius 2 is 1.10 bits per heavy atom. The highest BCUT2D eigenvalue weighted by Crippen LogP contribution is 2.45. The third-order valence-corrected chi connectivity index (χ3v) is 9.01. The van der Waals surface area contributed by atoms with Gasteiger partial charge in [0.15, 0.2) is 0 Å². The first-order chi connectivity index (χ1) is 14.3. The highest BCUT2D eigenvalue weighted by atomic mass is 31.2. The molecular formula is C27H25OP. The van der Waals surface area contributed by atoms with E-state index in [4.69, 9.17) is 4.74 Å². The lowest BCUT2D eigenvalue weighted by molar-refractivity contribution is 0.250. The van der Waals surface area contributed by atoms with E-state index in [9.17, 15) is 0 Å². The number of benzene rings is 3. The van der Waals surface area contributed by atoms with Crippen molar-refractivity contribution < 1.29 is 4.74 Å². The smallest absolute Gasteiger partial charge is 0.127 e. The van der Waals surface area contributed by atoms with E-state index < -0.39 is 6.89 Å². The second kappa shape index (κ2) is 8.99. The van der Waals surface area contributed by atoms with Gasteiger partial charge in [-0.25, -0.2) is 0 Å². The molecule has 2 heteroatoms. The summed E-state index contributed by atoms with van der Waals surface area (Å²) in [4.78, 5) is 0. The van der Waals surface area contributed by atoms with Crippen LogP contribution in [0.25, 0.3) is 0 Å². The summed E-state index contributed by atoms with van der Waals surface area (Å²) >= 11 is 0. The van der Waals surface area contributed by atoms with Crippen LogP contribution in [0.2, 0.25) is 0 Å². The van der Waals surface area contributed by atoms with E-state index in [1.165, 1.54) is 15.9 Å². The minimum atomic E-state index is -2.07. The predicted octanol–water partition coefficient (Wildman–Crippen LogP) is 5.20. The molecule has 0 amide bonds. The Bertz CT molecular complexity index is 974. The molecular weight excluding hydrogens is 371 g/mol. The van der Waals surface area contributed by atoms with Crippen molar-refractivity contribution in [1.82, 2.24) is 0 Å². The summed E-state index contributed by atoms with van der Waals surface area (Å²) in [5.41, 5.74) is 1.12. The van der Waals surface area contributed by atoms with Gasteiger partial charge in [-0.1, -0.05) is 115 Å². The Morgan fingerprint density at radius 1 is 0.690 bits per heavy atom. The van der Waals surface area contributed by atoms with Crippen LogP contribution in [0.1, 0.15) is 6.92 Å². The molecule has 1 aliphatic rings. The van der Waals surface area contributed by atoms with Crippen LogP contribution in [-0.4, -0.2) is 12.4 Å². The van der Waals surface area contributed by atoms with Gasteiger partial charge in [0.2, 0.25) is 0 Å². The lowest BCUT2D eigenvalue weighted by Crippen LogP contribution is -2.27. The number of ether oxygens (including phenoxy) is 1. The molecule has 3 aromatic carbocycles. The summed E-state index contributed by atoms with van der Waals surface area (Å²) in [5, 5.41) is 3.96. The lowest BCUT2D eigenvalue weighted by atomic mass is 10.2. The van der Waals surface area contributed by atoms with Gasteiger partial charge in [0.25, 0.3) is 0 Å². The molecule has 0 bridgehead atoms. The van der Waals surface area contributed by atoms with Crippen molar-refractivity contribution in [1.29, 1.82) is 0 Å². The van der Waals surface area contributed by atoms with E-state index in [2.05, 4.69) is 121 Å². The van der Waals surface area contributed by atoms with Crippen LogP contribution >= 0.6 is 6.89 Å². The largest absolute Gasteiger partial charge is 0.493 e. The molecule has 0 aliphatic heterocycles. The summed E-state index contributed by atoms with van der Waals surface area (Å²) in [5.74, 6) is 3.34. The number of rotatable bonds is 6. The fraction of sp³-hybridized carbons (Fsp3) is 0.0741. The van der Waals surface area contributed by atoms with Crippen LogP contribution in [0.3, 0.4) is 0 Å². The van der Waals surface area contributed by atoms with Gasteiger partial charge in [-0.15, -0.1) is 0 Å². The molecule has 0 saturated heterocycles. The molecule has 4 rings (SSSR count). The SMILES string of the molecule is CCOC(C=P(c1ccccc1)(c1ccccc1)c1ccccc1)=C1C=CC=C1. The second-order valence-electron chi connectivity index (χ2n) is 6.83. The van der Waals surface area contributed by atoms with Crippen molar-refractivity contribution in [2.24, 2.45) is 0 Å². The number of hydrogen-bond donors (Lipinski definition) is 0. The van der Waals surface area contributed by atoms with Gasteiger partial charge >= 0.3 is 0 Å². The van der Waals surface area contributed by atoms with E-state index in [1.807, 2.05) is 6.92 Å². The van der Waals surface area contributed by atoms with Gasteiger partial charge in [0.1, 0.15) is 5.76 Å². The van der Waals surface area contributed by atoms with E-state index >= 15 is 0 Å². The molecule has 1 nitrogen and oxygen atoms in total. The normalized spacial score (nSPS) is 12.8.